The molecule has 0 fully saturated rings. The number of hydrogen-bond acceptors (Lipinski definition) is 4. The maximum Gasteiger partial charge on any atom is 0.112 e. The molecule has 2 rings (SSSR count). The first kappa shape index (κ1) is 12.3. The van der Waals surface area contributed by atoms with Crippen molar-refractivity contribution >= 4 is 32.7 Å². The first-order chi connectivity index (χ1) is 8.13. The number of aromatic nitrogens is 2. The maximum absolute atomic E-state index is 9.20. The van der Waals surface area contributed by atoms with Crippen molar-refractivity contribution in [2.75, 3.05) is 18.6 Å². The van der Waals surface area contributed by atoms with Crippen molar-refractivity contribution in [3.63, 3.8) is 0 Å². The van der Waals surface area contributed by atoms with E-state index in [2.05, 4.69) is 25.9 Å². The molecule has 0 aliphatic carbocycles. The molecule has 0 bridgehead atoms. The van der Waals surface area contributed by atoms with Crippen LogP contribution in [-0.2, 0) is 0 Å². The molecular formula is C12H14BrN3O. The van der Waals surface area contributed by atoms with Gasteiger partial charge in [0.15, 0.2) is 0 Å². The van der Waals surface area contributed by atoms with Crippen molar-refractivity contribution in [1.82, 2.24) is 9.97 Å². The zero-order valence-electron chi connectivity index (χ0n) is 9.76. The van der Waals surface area contributed by atoms with Crippen LogP contribution in [0.1, 0.15) is 6.92 Å². The standard InChI is InChI=1S/C12H14BrN3O/c1-8(7-17)16(2)11-3-4-14-10-5-9(13)6-15-12(10)11/h3-6,8,17H,7H2,1-2H3. The van der Waals surface area contributed by atoms with Gasteiger partial charge in [-0.15, -0.1) is 0 Å². The number of likely N-dealkylation sites (N-methyl/N-ethyl adjacent to an activating group) is 1. The van der Waals surface area contributed by atoms with Crippen LogP contribution in [0, 0.1) is 0 Å². The highest BCUT2D eigenvalue weighted by Crippen LogP contribution is 2.25. The van der Waals surface area contributed by atoms with Crippen molar-refractivity contribution in [3.8, 4) is 0 Å². The number of hydrogen-bond donors (Lipinski definition) is 1. The van der Waals surface area contributed by atoms with Crippen LogP contribution in [0.25, 0.3) is 11.0 Å². The summed E-state index contributed by atoms with van der Waals surface area (Å²) in [7, 11) is 1.94. The largest absolute Gasteiger partial charge is 0.394 e. The SMILES string of the molecule is CC(CO)N(C)c1ccnc2cc(Br)cnc12. The van der Waals surface area contributed by atoms with Gasteiger partial charge in [0.05, 0.1) is 17.8 Å². The highest BCUT2D eigenvalue weighted by atomic mass is 79.9. The van der Waals surface area contributed by atoms with E-state index < -0.39 is 0 Å². The third-order valence-corrected chi connectivity index (χ3v) is 3.26. The van der Waals surface area contributed by atoms with Gasteiger partial charge in [0.2, 0.25) is 0 Å². The van der Waals surface area contributed by atoms with E-state index in [1.165, 1.54) is 0 Å². The van der Waals surface area contributed by atoms with Crippen LogP contribution in [0.5, 0.6) is 0 Å². The van der Waals surface area contributed by atoms with Gasteiger partial charge in [0, 0.05) is 30.0 Å². The zero-order valence-corrected chi connectivity index (χ0v) is 11.3. The fraction of sp³-hybridized carbons (Fsp3) is 0.333. The van der Waals surface area contributed by atoms with Crippen molar-refractivity contribution in [3.05, 3.63) is 29.0 Å². The van der Waals surface area contributed by atoms with Crippen LogP contribution in [0.3, 0.4) is 0 Å². The molecule has 0 amide bonds. The second-order valence-corrected chi connectivity index (χ2v) is 4.91. The molecule has 2 heterocycles. The number of aliphatic hydroxyl groups excluding tert-OH is 1. The first-order valence-corrected chi connectivity index (χ1v) is 6.16. The van der Waals surface area contributed by atoms with Gasteiger partial charge in [-0.25, -0.2) is 0 Å². The number of halogens is 1. The third-order valence-electron chi connectivity index (χ3n) is 2.83. The topological polar surface area (TPSA) is 49.2 Å². The molecule has 4 nitrogen and oxygen atoms in total. The lowest BCUT2D eigenvalue weighted by Crippen LogP contribution is -2.32. The molecule has 0 saturated heterocycles. The van der Waals surface area contributed by atoms with E-state index in [4.69, 9.17) is 0 Å². The molecule has 0 aliphatic heterocycles. The van der Waals surface area contributed by atoms with Crippen LogP contribution in [-0.4, -0.2) is 34.8 Å². The minimum absolute atomic E-state index is 0.0473. The van der Waals surface area contributed by atoms with Gasteiger partial charge in [0.25, 0.3) is 0 Å². The molecule has 0 aromatic carbocycles. The molecule has 0 saturated carbocycles. The summed E-state index contributed by atoms with van der Waals surface area (Å²) >= 11 is 3.38. The summed E-state index contributed by atoms with van der Waals surface area (Å²) < 4.78 is 0.910. The number of rotatable bonds is 3. The van der Waals surface area contributed by atoms with Gasteiger partial charge in [-0.2, -0.15) is 0 Å². The molecule has 1 atom stereocenters. The molecule has 2 aromatic rings. The average molecular weight is 296 g/mol. The quantitative estimate of drug-likeness (QED) is 0.943. The number of anilines is 1. The van der Waals surface area contributed by atoms with Crippen LogP contribution >= 0.6 is 15.9 Å². The molecule has 1 N–H and O–H groups in total. The molecule has 0 aliphatic rings. The second kappa shape index (κ2) is 4.98. The Morgan fingerprint density at radius 3 is 2.94 bits per heavy atom. The summed E-state index contributed by atoms with van der Waals surface area (Å²) in [6.07, 6.45) is 3.51. The van der Waals surface area contributed by atoms with Crippen LogP contribution in [0.2, 0.25) is 0 Å². The first-order valence-electron chi connectivity index (χ1n) is 5.37. The molecule has 90 valence electrons. The predicted molar refractivity (Wildman–Crippen MR) is 72.2 cm³/mol. The van der Waals surface area contributed by atoms with Crippen LogP contribution < -0.4 is 4.90 Å². The lowest BCUT2D eigenvalue weighted by atomic mass is 10.2. The summed E-state index contributed by atoms with van der Waals surface area (Å²) in [6, 6.07) is 3.89. The zero-order chi connectivity index (χ0) is 12.4. The van der Waals surface area contributed by atoms with E-state index >= 15 is 0 Å². The summed E-state index contributed by atoms with van der Waals surface area (Å²) in [5.74, 6) is 0. The van der Waals surface area contributed by atoms with E-state index in [-0.39, 0.29) is 12.6 Å². The predicted octanol–water partition coefficient (Wildman–Crippen LogP) is 2.21. The number of fused-ring (bicyclic) bond motifs is 1. The van der Waals surface area contributed by atoms with E-state index in [1.807, 2.05) is 31.0 Å². The molecular weight excluding hydrogens is 282 g/mol. The van der Waals surface area contributed by atoms with Gasteiger partial charge in [-0.1, -0.05) is 0 Å². The van der Waals surface area contributed by atoms with Crippen molar-refractivity contribution in [2.45, 2.75) is 13.0 Å². The third kappa shape index (κ3) is 2.40. The number of aliphatic hydroxyl groups is 1. The summed E-state index contributed by atoms with van der Waals surface area (Å²) in [6.45, 7) is 2.07. The normalized spacial score (nSPS) is 12.7. The van der Waals surface area contributed by atoms with Gasteiger partial charge in [-0.3, -0.25) is 9.97 Å². The molecule has 1 unspecified atom stereocenters. The summed E-state index contributed by atoms with van der Waals surface area (Å²) in [4.78, 5) is 10.7. The van der Waals surface area contributed by atoms with Gasteiger partial charge in [-0.05, 0) is 35.0 Å². The molecule has 5 heteroatoms. The van der Waals surface area contributed by atoms with Gasteiger partial charge < -0.3 is 10.0 Å². The Kier molecular flexibility index (Phi) is 3.59. The Morgan fingerprint density at radius 2 is 2.24 bits per heavy atom. The molecule has 0 spiro atoms. The van der Waals surface area contributed by atoms with E-state index in [0.29, 0.717) is 0 Å². The van der Waals surface area contributed by atoms with E-state index in [0.717, 1.165) is 21.2 Å². The summed E-state index contributed by atoms with van der Waals surface area (Å²) in [5, 5.41) is 9.20. The van der Waals surface area contributed by atoms with Gasteiger partial charge in [0.1, 0.15) is 5.52 Å². The highest BCUT2D eigenvalue weighted by molar-refractivity contribution is 9.10. The highest BCUT2D eigenvalue weighted by Gasteiger charge is 2.13. The fourth-order valence-electron chi connectivity index (χ4n) is 1.64. The Morgan fingerprint density at radius 1 is 1.47 bits per heavy atom. The summed E-state index contributed by atoms with van der Waals surface area (Å²) in [5.41, 5.74) is 2.66. The van der Waals surface area contributed by atoms with Crippen LogP contribution in [0.15, 0.2) is 29.0 Å². The van der Waals surface area contributed by atoms with E-state index in [1.54, 1.807) is 12.4 Å². The number of nitrogens with zero attached hydrogens (tertiary/aromatic N) is 3. The van der Waals surface area contributed by atoms with Crippen molar-refractivity contribution in [2.24, 2.45) is 0 Å². The Balaban J connectivity index is 2.54. The Labute approximate surface area is 108 Å². The average Bonchev–Trinajstić information content (AvgIpc) is 2.35. The van der Waals surface area contributed by atoms with E-state index in [9.17, 15) is 5.11 Å². The lowest BCUT2D eigenvalue weighted by molar-refractivity contribution is 0.270. The van der Waals surface area contributed by atoms with Crippen molar-refractivity contribution in [1.29, 1.82) is 0 Å². The van der Waals surface area contributed by atoms with Crippen LogP contribution in [0.4, 0.5) is 5.69 Å². The monoisotopic (exact) mass is 295 g/mol. The fourth-order valence-corrected chi connectivity index (χ4v) is 1.96. The smallest absolute Gasteiger partial charge is 0.112 e. The lowest BCUT2D eigenvalue weighted by Gasteiger charge is -2.25. The van der Waals surface area contributed by atoms with Gasteiger partial charge >= 0.3 is 0 Å². The van der Waals surface area contributed by atoms with Crippen molar-refractivity contribution < 1.29 is 5.11 Å². The molecule has 17 heavy (non-hydrogen) atoms. The number of pyridine rings is 2. The second-order valence-electron chi connectivity index (χ2n) is 3.99. The minimum atomic E-state index is 0.0473. The minimum Gasteiger partial charge on any atom is -0.394 e. The Hall–Kier alpha value is -1.20. The molecule has 2 aromatic heterocycles. The molecule has 0 radical (unpaired) electrons. The maximum atomic E-state index is 9.20. The Bertz CT molecular complexity index is 532.